The predicted octanol–water partition coefficient (Wildman–Crippen LogP) is 3.71. The minimum Gasteiger partial charge on any atom is -0.389 e. The fraction of sp³-hybridized carbons (Fsp3) is 0.310. The number of fused-ring (bicyclic) bond motifs is 1. The van der Waals surface area contributed by atoms with Gasteiger partial charge in [-0.3, -0.25) is 9.48 Å². The van der Waals surface area contributed by atoms with Gasteiger partial charge in [-0.05, 0) is 51.0 Å². The lowest BCUT2D eigenvalue weighted by Crippen LogP contribution is -2.40. The summed E-state index contributed by atoms with van der Waals surface area (Å²) in [6, 6.07) is 10.1. The number of benzene rings is 2. The molecule has 1 amide bonds. The summed E-state index contributed by atoms with van der Waals surface area (Å²) >= 11 is 0. The van der Waals surface area contributed by atoms with Crippen LogP contribution in [0.1, 0.15) is 42.6 Å². The second-order valence-corrected chi connectivity index (χ2v) is 10.8. The number of piperidine rings is 1. The minimum absolute atomic E-state index is 0.0155. The Hall–Kier alpha value is -4.40. The molecule has 4 aromatic rings. The van der Waals surface area contributed by atoms with Crippen molar-refractivity contribution in [2.75, 3.05) is 18.0 Å². The van der Waals surface area contributed by atoms with E-state index in [-0.39, 0.29) is 46.1 Å². The number of nitrogens with two attached hydrogens (primary N) is 2. The molecular weight excluding hydrogens is 516 g/mol. The van der Waals surface area contributed by atoms with Crippen LogP contribution in [-0.2, 0) is 6.54 Å². The molecule has 0 aliphatic carbocycles. The van der Waals surface area contributed by atoms with E-state index in [9.17, 15) is 19.6 Å². The Morgan fingerprint density at radius 2 is 1.90 bits per heavy atom. The summed E-state index contributed by atoms with van der Waals surface area (Å²) in [6.07, 6.45) is 2.97. The maximum atomic E-state index is 15.9. The van der Waals surface area contributed by atoms with Gasteiger partial charge in [0.1, 0.15) is 23.5 Å². The molecule has 11 heteroatoms. The van der Waals surface area contributed by atoms with Gasteiger partial charge in [0.05, 0.1) is 40.7 Å². The van der Waals surface area contributed by atoms with Crippen molar-refractivity contribution in [2.24, 2.45) is 11.5 Å². The van der Waals surface area contributed by atoms with Gasteiger partial charge in [-0.15, -0.1) is 0 Å². The van der Waals surface area contributed by atoms with Gasteiger partial charge >= 0.3 is 0 Å². The van der Waals surface area contributed by atoms with E-state index >= 15 is 4.39 Å². The van der Waals surface area contributed by atoms with Crippen molar-refractivity contribution < 1.29 is 18.7 Å². The standard InChI is InChI=1S/C29H29F2N7O2/c1-29(2,40)15-38-24-12-23(31)20(9-18(24)14-35-38)26-21(28(34)39)11-25(37-7-5-19(33)6-8-37)36-27(26)16-3-4-17(13-32)22(30)10-16/h3-4,9-12,14,19,40H,5-8,15,33H2,1-2H3,(H2,34,39). The van der Waals surface area contributed by atoms with Gasteiger partial charge < -0.3 is 21.5 Å². The number of halogens is 2. The second kappa shape index (κ2) is 10.3. The molecular formula is C29H29F2N7O2. The third-order valence-corrected chi connectivity index (χ3v) is 7.03. The molecule has 0 spiro atoms. The van der Waals surface area contributed by atoms with Gasteiger partial charge in [-0.2, -0.15) is 10.4 Å². The SMILES string of the molecule is CC(C)(O)Cn1ncc2cc(-c3c(C(N)=O)cc(N4CCC(N)CC4)nc3-c3ccc(C#N)c(F)c3)c(F)cc21. The van der Waals surface area contributed by atoms with E-state index in [1.54, 1.807) is 19.9 Å². The predicted molar refractivity (Wildman–Crippen MR) is 147 cm³/mol. The number of amides is 1. The van der Waals surface area contributed by atoms with Crippen molar-refractivity contribution in [2.45, 2.75) is 44.9 Å². The summed E-state index contributed by atoms with van der Waals surface area (Å²) in [5.41, 5.74) is 11.7. The highest BCUT2D eigenvalue weighted by atomic mass is 19.1. The molecule has 5 rings (SSSR count). The van der Waals surface area contributed by atoms with Gasteiger partial charge in [-0.25, -0.2) is 13.8 Å². The molecule has 1 aliphatic rings. The van der Waals surface area contributed by atoms with Crippen LogP contribution in [0.5, 0.6) is 0 Å². The van der Waals surface area contributed by atoms with Crippen LogP contribution in [0.25, 0.3) is 33.3 Å². The molecule has 0 atom stereocenters. The molecule has 1 saturated heterocycles. The Morgan fingerprint density at radius 3 is 2.52 bits per heavy atom. The summed E-state index contributed by atoms with van der Waals surface area (Å²) in [5, 5.41) is 24.3. The van der Waals surface area contributed by atoms with Gasteiger partial charge in [0.25, 0.3) is 0 Å². The molecule has 0 unspecified atom stereocenters. The lowest BCUT2D eigenvalue weighted by molar-refractivity contribution is 0.0591. The number of aliphatic hydroxyl groups is 1. The van der Waals surface area contributed by atoms with Crippen molar-refractivity contribution >= 4 is 22.6 Å². The van der Waals surface area contributed by atoms with Crippen LogP contribution < -0.4 is 16.4 Å². The number of aromatic nitrogens is 3. The van der Waals surface area contributed by atoms with E-state index < -0.39 is 23.1 Å². The number of carbonyl (C=O) groups excluding carboxylic acids is 1. The summed E-state index contributed by atoms with van der Waals surface area (Å²) in [4.78, 5) is 19.6. The van der Waals surface area contributed by atoms with E-state index in [1.807, 2.05) is 4.90 Å². The second-order valence-electron chi connectivity index (χ2n) is 10.8. The van der Waals surface area contributed by atoms with Gasteiger partial charge in [-0.1, -0.05) is 6.07 Å². The number of hydrogen-bond acceptors (Lipinski definition) is 7. The van der Waals surface area contributed by atoms with Crippen molar-refractivity contribution in [3.63, 3.8) is 0 Å². The summed E-state index contributed by atoms with van der Waals surface area (Å²) in [7, 11) is 0. The fourth-order valence-electron chi connectivity index (χ4n) is 5.04. The van der Waals surface area contributed by atoms with Crippen molar-refractivity contribution in [3.05, 3.63) is 65.4 Å². The van der Waals surface area contributed by atoms with E-state index in [4.69, 9.17) is 16.5 Å². The first-order valence-corrected chi connectivity index (χ1v) is 12.9. The van der Waals surface area contributed by atoms with Crippen LogP contribution in [-0.4, -0.2) is 50.5 Å². The molecule has 206 valence electrons. The van der Waals surface area contributed by atoms with Gasteiger partial charge in [0, 0.05) is 47.3 Å². The Bertz CT molecular complexity index is 1660. The summed E-state index contributed by atoms with van der Waals surface area (Å²) in [5.74, 6) is -1.82. The molecule has 3 heterocycles. The highest BCUT2D eigenvalue weighted by molar-refractivity contribution is 6.05. The Morgan fingerprint density at radius 1 is 1.18 bits per heavy atom. The Kier molecular flexibility index (Phi) is 6.99. The summed E-state index contributed by atoms with van der Waals surface area (Å²) < 4.78 is 32.2. The molecule has 40 heavy (non-hydrogen) atoms. The lowest BCUT2D eigenvalue weighted by Gasteiger charge is -2.32. The summed E-state index contributed by atoms with van der Waals surface area (Å²) in [6.45, 7) is 4.56. The van der Waals surface area contributed by atoms with Crippen LogP contribution in [0.2, 0.25) is 0 Å². The Balaban J connectivity index is 1.76. The van der Waals surface area contributed by atoms with E-state index in [0.29, 0.717) is 29.8 Å². The average molecular weight is 546 g/mol. The van der Waals surface area contributed by atoms with Crippen LogP contribution in [0.4, 0.5) is 14.6 Å². The highest BCUT2D eigenvalue weighted by Crippen LogP contribution is 2.39. The molecule has 0 radical (unpaired) electrons. The molecule has 1 aliphatic heterocycles. The smallest absolute Gasteiger partial charge is 0.249 e. The van der Waals surface area contributed by atoms with Gasteiger partial charge in [0.2, 0.25) is 5.91 Å². The molecule has 5 N–H and O–H groups in total. The quantitative estimate of drug-likeness (QED) is 0.335. The van der Waals surface area contributed by atoms with Crippen LogP contribution in [0.3, 0.4) is 0 Å². The molecule has 2 aromatic heterocycles. The Labute approximate surface area is 229 Å². The third kappa shape index (κ3) is 5.23. The zero-order valence-electron chi connectivity index (χ0n) is 22.2. The zero-order valence-corrected chi connectivity index (χ0v) is 22.2. The largest absolute Gasteiger partial charge is 0.389 e. The van der Waals surface area contributed by atoms with Gasteiger partial charge in [0.15, 0.2) is 0 Å². The maximum Gasteiger partial charge on any atom is 0.249 e. The van der Waals surface area contributed by atoms with E-state index in [1.165, 1.54) is 41.2 Å². The molecule has 2 aromatic carbocycles. The van der Waals surface area contributed by atoms with Crippen molar-refractivity contribution in [1.29, 1.82) is 5.26 Å². The molecule has 0 saturated carbocycles. The number of primary amides is 1. The number of rotatable bonds is 6. The number of pyridine rings is 1. The van der Waals surface area contributed by atoms with Crippen molar-refractivity contribution in [1.82, 2.24) is 14.8 Å². The molecule has 1 fully saturated rings. The first-order chi connectivity index (χ1) is 18.9. The monoisotopic (exact) mass is 545 g/mol. The molecule has 0 bridgehead atoms. The van der Waals surface area contributed by atoms with Crippen molar-refractivity contribution in [3.8, 4) is 28.5 Å². The number of hydrogen-bond donors (Lipinski definition) is 3. The zero-order chi connectivity index (χ0) is 28.8. The van der Waals surface area contributed by atoms with E-state index in [2.05, 4.69) is 5.10 Å². The number of carbonyl (C=O) groups is 1. The third-order valence-electron chi connectivity index (χ3n) is 7.03. The first kappa shape index (κ1) is 27.2. The fourth-order valence-corrected chi connectivity index (χ4v) is 5.04. The van der Waals surface area contributed by atoms with Crippen LogP contribution >= 0.6 is 0 Å². The lowest BCUT2D eigenvalue weighted by atomic mass is 9.92. The minimum atomic E-state index is -1.09. The number of nitrogens with zero attached hydrogens (tertiary/aromatic N) is 5. The average Bonchev–Trinajstić information content (AvgIpc) is 3.27. The normalized spacial score (nSPS) is 14.5. The number of nitriles is 1. The van der Waals surface area contributed by atoms with Crippen LogP contribution in [0, 0.1) is 23.0 Å². The highest BCUT2D eigenvalue weighted by Gasteiger charge is 2.27. The topological polar surface area (TPSA) is 147 Å². The molecule has 9 nitrogen and oxygen atoms in total. The maximum absolute atomic E-state index is 15.9. The van der Waals surface area contributed by atoms with Crippen LogP contribution in [0.15, 0.2) is 42.6 Å². The number of anilines is 1. The van der Waals surface area contributed by atoms with E-state index in [0.717, 1.165) is 18.9 Å². The first-order valence-electron chi connectivity index (χ1n) is 12.9.